The fourth-order valence-electron chi connectivity index (χ4n) is 2.33. The van der Waals surface area contributed by atoms with Gasteiger partial charge in [-0.1, -0.05) is 17.7 Å². The van der Waals surface area contributed by atoms with Crippen LogP contribution in [0.5, 0.6) is 5.88 Å². The minimum Gasteiger partial charge on any atom is -0.473 e. The van der Waals surface area contributed by atoms with Crippen molar-refractivity contribution < 1.29 is 13.2 Å². The quantitative estimate of drug-likeness (QED) is 0.843. The van der Waals surface area contributed by atoms with E-state index in [1.807, 2.05) is 19.1 Å². The first-order valence-electron chi connectivity index (χ1n) is 6.81. The van der Waals surface area contributed by atoms with Crippen LogP contribution < -0.4 is 4.74 Å². The number of aromatic nitrogens is 1. The Morgan fingerprint density at radius 2 is 2.18 bits per heavy atom. The van der Waals surface area contributed by atoms with Gasteiger partial charge in [-0.2, -0.15) is 4.31 Å². The molecular formula is C14H15ClN2O3S2. The summed E-state index contributed by atoms with van der Waals surface area (Å²) < 4.78 is 33.0. The lowest BCUT2D eigenvalue weighted by Crippen LogP contribution is -2.30. The van der Waals surface area contributed by atoms with Crippen LogP contribution in [0.1, 0.15) is 12.1 Å². The van der Waals surface area contributed by atoms with Crippen LogP contribution in [-0.2, 0) is 10.0 Å². The van der Waals surface area contributed by atoms with Crippen molar-refractivity contribution in [2.45, 2.75) is 23.7 Å². The van der Waals surface area contributed by atoms with E-state index in [-0.39, 0.29) is 10.3 Å². The van der Waals surface area contributed by atoms with Gasteiger partial charge in [0.05, 0.1) is 10.9 Å². The monoisotopic (exact) mass is 358 g/mol. The van der Waals surface area contributed by atoms with Crippen molar-refractivity contribution in [1.82, 2.24) is 9.29 Å². The van der Waals surface area contributed by atoms with Crippen LogP contribution in [0.15, 0.2) is 34.5 Å². The number of pyridine rings is 1. The molecular weight excluding hydrogens is 344 g/mol. The highest BCUT2D eigenvalue weighted by Gasteiger charge is 2.34. The zero-order valence-corrected chi connectivity index (χ0v) is 14.3. The molecule has 5 nitrogen and oxygen atoms in total. The number of hydrogen-bond donors (Lipinski definition) is 0. The lowest BCUT2D eigenvalue weighted by atomic mass is 10.3. The summed E-state index contributed by atoms with van der Waals surface area (Å²) in [4.78, 5) is 4.28. The van der Waals surface area contributed by atoms with Crippen molar-refractivity contribution in [2.75, 3.05) is 13.1 Å². The van der Waals surface area contributed by atoms with Gasteiger partial charge in [0, 0.05) is 18.3 Å². The smallest absolute Gasteiger partial charge is 0.252 e. The summed E-state index contributed by atoms with van der Waals surface area (Å²) in [6.07, 6.45) is 0.466. The number of aryl methyl sites for hydroxylation is 1. The van der Waals surface area contributed by atoms with Crippen molar-refractivity contribution >= 4 is 33.0 Å². The van der Waals surface area contributed by atoms with E-state index in [2.05, 4.69) is 4.98 Å². The molecule has 3 heterocycles. The molecule has 2 aromatic heterocycles. The zero-order chi connectivity index (χ0) is 15.7. The SMILES string of the molecule is Cc1cccc(O[C@H]2CCN(S(=O)(=O)c3ccc(Cl)s3)C2)n1. The fraction of sp³-hybridized carbons (Fsp3) is 0.357. The van der Waals surface area contributed by atoms with Gasteiger partial charge in [-0.3, -0.25) is 0 Å². The van der Waals surface area contributed by atoms with Crippen LogP contribution in [0.4, 0.5) is 0 Å². The molecule has 0 saturated carbocycles. The van der Waals surface area contributed by atoms with Crippen LogP contribution in [0, 0.1) is 6.92 Å². The van der Waals surface area contributed by atoms with Crippen LogP contribution in [0.3, 0.4) is 0 Å². The standard InChI is InChI=1S/C14H15ClN2O3S2/c1-10-3-2-4-13(16-10)20-11-7-8-17(9-11)22(18,19)14-6-5-12(15)21-14/h2-6,11H,7-9H2,1H3/t11-/m0/s1. The van der Waals surface area contributed by atoms with Gasteiger partial charge in [0.15, 0.2) is 0 Å². The summed E-state index contributed by atoms with van der Waals surface area (Å²) >= 11 is 6.90. The normalized spacial score (nSPS) is 19.5. The molecule has 0 unspecified atom stereocenters. The molecule has 0 amide bonds. The van der Waals surface area contributed by atoms with Crippen molar-refractivity contribution in [3.05, 3.63) is 40.4 Å². The van der Waals surface area contributed by atoms with E-state index < -0.39 is 10.0 Å². The van der Waals surface area contributed by atoms with E-state index in [1.54, 1.807) is 18.2 Å². The Hall–Kier alpha value is -1.15. The molecule has 0 aromatic carbocycles. The number of rotatable bonds is 4. The molecule has 0 radical (unpaired) electrons. The van der Waals surface area contributed by atoms with Crippen LogP contribution in [0.25, 0.3) is 0 Å². The summed E-state index contributed by atoms with van der Waals surface area (Å²) in [5, 5.41) is 0. The molecule has 3 rings (SSSR count). The number of thiophene rings is 1. The average Bonchev–Trinajstić information content (AvgIpc) is 3.08. The van der Waals surface area contributed by atoms with E-state index in [4.69, 9.17) is 16.3 Å². The number of ether oxygens (including phenoxy) is 1. The van der Waals surface area contributed by atoms with Crippen molar-refractivity contribution in [3.63, 3.8) is 0 Å². The predicted octanol–water partition coefficient (Wildman–Crippen LogP) is 2.95. The summed E-state index contributed by atoms with van der Waals surface area (Å²) in [7, 11) is -3.48. The predicted molar refractivity (Wildman–Crippen MR) is 86.1 cm³/mol. The molecule has 8 heteroatoms. The Labute approximate surface area is 138 Å². The summed E-state index contributed by atoms with van der Waals surface area (Å²) in [6, 6.07) is 8.68. The van der Waals surface area contributed by atoms with Crippen LogP contribution in [0.2, 0.25) is 4.34 Å². The number of sulfonamides is 1. The highest BCUT2D eigenvalue weighted by atomic mass is 35.5. The number of nitrogens with zero attached hydrogens (tertiary/aromatic N) is 2. The second-order valence-corrected chi connectivity index (χ2v) is 8.95. The third-order valence-electron chi connectivity index (χ3n) is 3.40. The molecule has 0 N–H and O–H groups in total. The van der Waals surface area contributed by atoms with Crippen molar-refractivity contribution in [2.24, 2.45) is 0 Å². The highest BCUT2D eigenvalue weighted by molar-refractivity contribution is 7.91. The van der Waals surface area contributed by atoms with E-state index >= 15 is 0 Å². The Bertz CT molecular complexity index is 776. The summed E-state index contributed by atoms with van der Waals surface area (Å²) in [6.45, 7) is 2.65. The lowest BCUT2D eigenvalue weighted by molar-refractivity contribution is 0.206. The molecule has 1 atom stereocenters. The maximum atomic E-state index is 12.5. The van der Waals surface area contributed by atoms with Crippen molar-refractivity contribution in [1.29, 1.82) is 0 Å². The number of hydrogen-bond acceptors (Lipinski definition) is 5. The molecule has 1 aliphatic rings. The van der Waals surface area contributed by atoms with Gasteiger partial charge in [-0.25, -0.2) is 13.4 Å². The molecule has 0 aliphatic carbocycles. The van der Waals surface area contributed by atoms with Crippen molar-refractivity contribution in [3.8, 4) is 5.88 Å². The van der Waals surface area contributed by atoms with Crippen LogP contribution in [-0.4, -0.2) is 36.9 Å². The van der Waals surface area contributed by atoms with Gasteiger partial charge >= 0.3 is 0 Å². The molecule has 1 aliphatic heterocycles. The van der Waals surface area contributed by atoms with E-state index in [9.17, 15) is 8.42 Å². The van der Waals surface area contributed by atoms with Gasteiger partial charge in [0.1, 0.15) is 10.3 Å². The van der Waals surface area contributed by atoms with Gasteiger partial charge < -0.3 is 4.74 Å². The Kier molecular flexibility index (Phi) is 4.40. The van der Waals surface area contributed by atoms with Gasteiger partial charge in [-0.15, -0.1) is 11.3 Å². The molecule has 0 spiro atoms. The van der Waals surface area contributed by atoms with Crippen LogP contribution >= 0.6 is 22.9 Å². The first kappa shape index (κ1) is 15.7. The summed E-state index contributed by atoms with van der Waals surface area (Å²) in [5.74, 6) is 0.531. The Morgan fingerprint density at radius 1 is 1.36 bits per heavy atom. The van der Waals surface area contributed by atoms with E-state index in [0.29, 0.717) is 29.7 Å². The number of halogens is 1. The molecule has 118 valence electrons. The third-order valence-corrected chi connectivity index (χ3v) is 6.96. The lowest BCUT2D eigenvalue weighted by Gasteiger charge is -2.16. The second kappa shape index (κ2) is 6.16. The van der Waals surface area contributed by atoms with E-state index in [0.717, 1.165) is 17.0 Å². The molecule has 1 saturated heterocycles. The topological polar surface area (TPSA) is 59.5 Å². The molecule has 2 aromatic rings. The van der Waals surface area contributed by atoms with Gasteiger partial charge in [0.2, 0.25) is 5.88 Å². The average molecular weight is 359 g/mol. The fourth-order valence-corrected chi connectivity index (χ4v) is 5.45. The second-order valence-electron chi connectivity index (χ2n) is 5.07. The first-order chi connectivity index (χ1) is 10.4. The Balaban J connectivity index is 1.69. The minimum atomic E-state index is -3.48. The Morgan fingerprint density at radius 3 is 2.86 bits per heavy atom. The maximum absolute atomic E-state index is 12.5. The largest absolute Gasteiger partial charge is 0.473 e. The minimum absolute atomic E-state index is 0.181. The molecule has 1 fully saturated rings. The van der Waals surface area contributed by atoms with Gasteiger partial charge in [0.25, 0.3) is 10.0 Å². The summed E-state index contributed by atoms with van der Waals surface area (Å²) in [5.41, 5.74) is 0.869. The zero-order valence-electron chi connectivity index (χ0n) is 11.9. The van der Waals surface area contributed by atoms with E-state index in [1.165, 1.54) is 4.31 Å². The third kappa shape index (κ3) is 3.27. The molecule has 0 bridgehead atoms. The first-order valence-corrected chi connectivity index (χ1v) is 9.44. The highest BCUT2D eigenvalue weighted by Crippen LogP contribution is 2.30. The maximum Gasteiger partial charge on any atom is 0.252 e. The van der Waals surface area contributed by atoms with Gasteiger partial charge in [-0.05, 0) is 31.5 Å². The molecule has 22 heavy (non-hydrogen) atoms.